The zero-order chi connectivity index (χ0) is 19.0. The zero-order valence-electron chi connectivity index (χ0n) is 15.1. The van der Waals surface area contributed by atoms with Gasteiger partial charge in [0.15, 0.2) is 0 Å². The van der Waals surface area contributed by atoms with E-state index in [-0.39, 0.29) is 11.5 Å². The molecule has 27 heavy (non-hydrogen) atoms. The van der Waals surface area contributed by atoms with Crippen molar-refractivity contribution in [1.82, 2.24) is 15.0 Å². The van der Waals surface area contributed by atoms with Gasteiger partial charge < -0.3 is 0 Å². The quantitative estimate of drug-likeness (QED) is 0.539. The highest BCUT2D eigenvalue weighted by molar-refractivity contribution is 7.18. The molecule has 0 saturated heterocycles. The van der Waals surface area contributed by atoms with Crippen molar-refractivity contribution in [3.8, 4) is 0 Å². The summed E-state index contributed by atoms with van der Waals surface area (Å²) in [5.41, 5.74) is 3.50. The minimum atomic E-state index is -0.687. The molecule has 1 N–H and O–H groups in total. The Balaban J connectivity index is 1.60. The maximum Gasteiger partial charge on any atom is 0.263 e. The van der Waals surface area contributed by atoms with Crippen LogP contribution in [0.5, 0.6) is 0 Å². The Morgan fingerprint density at radius 1 is 1.52 bits per heavy atom. The van der Waals surface area contributed by atoms with Gasteiger partial charge in [-0.2, -0.15) is 5.10 Å². The molecule has 3 heterocycles. The second-order valence-electron chi connectivity index (χ2n) is 6.91. The lowest BCUT2D eigenvalue weighted by Gasteiger charge is -2.18. The highest BCUT2D eigenvalue weighted by Gasteiger charge is 2.25. The zero-order valence-corrected chi connectivity index (χ0v) is 16.8. The second kappa shape index (κ2) is 7.36. The predicted octanol–water partition coefficient (Wildman–Crippen LogP) is 3.36. The number of hydrogen-bond donors (Lipinski definition) is 1. The minimum absolute atomic E-state index is 0.142. The van der Waals surface area contributed by atoms with E-state index in [0.29, 0.717) is 11.3 Å². The number of aryl methyl sites for hydroxylation is 1. The van der Waals surface area contributed by atoms with Crippen molar-refractivity contribution in [2.45, 2.75) is 39.2 Å². The second-order valence-corrected chi connectivity index (χ2v) is 8.98. The topological polar surface area (TPSA) is 76.3 Å². The van der Waals surface area contributed by atoms with Crippen LogP contribution in [-0.2, 0) is 17.6 Å². The van der Waals surface area contributed by atoms with Crippen LogP contribution < -0.4 is 11.0 Å². The van der Waals surface area contributed by atoms with Crippen LogP contribution in [0.1, 0.15) is 41.6 Å². The third-order valence-corrected chi connectivity index (χ3v) is 6.92. The van der Waals surface area contributed by atoms with Crippen LogP contribution in [0.25, 0.3) is 10.2 Å². The third-order valence-electron chi connectivity index (χ3n) is 4.95. The molecule has 1 amide bonds. The third kappa shape index (κ3) is 3.46. The highest BCUT2D eigenvalue weighted by Crippen LogP contribution is 2.35. The molecule has 6 nitrogen and oxygen atoms in total. The number of nitrogens with one attached hydrogen (secondary N) is 1. The van der Waals surface area contributed by atoms with Crippen LogP contribution in [0.3, 0.4) is 0 Å². The standard InChI is InChI=1S/C19H20N4O2S2/c1-11-5-6-14-15(8-11)27-18-16(14)19(25)23(10-20-18)12(2)17(24)22-21-9-13-4-3-7-26-13/h3-4,7,9-12H,5-6,8H2,1-2H3,(H,22,24)/b21-9-/t11-,12+/m0/s1. The van der Waals surface area contributed by atoms with Crippen molar-refractivity contribution >= 4 is 45.0 Å². The van der Waals surface area contributed by atoms with Gasteiger partial charge in [0.1, 0.15) is 10.9 Å². The van der Waals surface area contributed by atoms with Crippen molar-refractivity contribution in [1.29, 1.82) is 0 Å². The Labute approximate surface area is 164 Å². The molecule has 1 aliphatic carbocycles. The summed E-state index contributed by atoms with van der Waals surface area (Å²) in [4.78, 5) is 32.9. The van der Waals surface area contributed by atoms with Crippen molar-refractivity contribution < 1.29 is 4.79 Å². The van der Waals surface area contributed by atoms with Gasteiger partial charge in [0.25, 0.3) is 11.5 Å². The van der Waals surface area contributed by atoms with Crippen LogP contribution in [0.2, 0.25) is 0 Å². The first kappa shape index (κ1) is 18.1. The fourth-order valence-corrected chi connectivity index (χ4v) is 5.29. The summed E-state index contributed by atoms with van der Waals surface area (Å²) in [5.74, 6) is 0.294. The molecule has 140 valence electrons. The Hall–Kier alpha value is -2.32. The first-order chi connectivity index (χ1) is 13.0. The van der Waals surface area contributed by atoms with Gasteiger partial charge in [-0.1, -0.05) is 13.0 Å². The minimum Gasteiger partial charge on any atom is -0.286 e. The smallest absolute Gasteiger partial charge is 0.263 e. The predicted molar refractivity (Wildman–Crippen MR) is 110 cm³/mol. The van der Waals surface area contributed by atoms with E-state index < -0.39 is 6.04 Å². The average molecular weight is 401 g/mol. The van der Waals surface area contributed by atoms with E-state index >= 15 is 0 Å². The summed E-state index contributed by atoms with van der Waals surface area (Å²) < 4.78 is 1.41. The van der Waals surface area contributed by atoms with E-state index in [1.165, 1.54) is 27.1 Å². The molecule has 3 aromatic heterocycles. The van der Waals surface area contributed by atoms with Crippen molar-refractivity contribution in [2.75, 3.05) is 0 Å². The van der Waals surface area contributed by atoms with E-state index in [1.807, 2.05) is 17.5 Å². The number of thiophene rings is 2. The summed E-state index contributed by atoms with van der Waals surface area (Å²) in [5, 5.41) is 6.60. The molecule has 0 bridgehead atoms. The number of amides is 1. The van der Waals surface area contributed by atoms with Crippen molar-refractivity contribution in [3.63, 3.8) is 0 Å². The van der Waals surface area contributed by atoms with Crippen LogP contribution in [-0.4, -0.2) is 21.7 Å². The Morgan fingerprint density at radius 2 is 2.37 bits per heavy atom. The van der Waals surface area contributed by atoms with Gasteiger partial charge >= 0.3 is 0 Å². The average Bonchev–Trinajstić information content (AvgIpc) is 3.28. The summed E-state index contributed by atoms with van der Waals surface area (Å²) in [6.07, 6.45) is 6.06. The molecule has 0 spiro atoms. The van der Waals surface area contributed by atoms with Crippen LogP contribution in [0.4, 0.5) is 0 Å². The summed E-state index contributed by atoms with van der Waals surface area (Å²) in [6.45, 7) is 3.92. The fraction of sp³-hybridized carbons (Fsp3) is 0.368. The van der Waals surface area contributed by atoms with E-state index in [1.54, 1.807) is 24.5 Å². The molecule has 0 fully saturated rings. The number of hydrogen-bond acceptors (Lipinski definition) is 6. The van der Waals surface area contributed by atoms with Gasteiger partial charge in [-0.05, 0) is 49.1 Å². The first-order valence-corrected chi connectivity index (χ1v) is 10.6. The first-order valence-electron chi connectivity index (χ1n) is 8.92. The molecular formula is C19H20N4O2S2. The number of aromatic nitrogens is 2. The number of hydrazone groups is 1. The molecule has 0 saturated carbocycles. The number of carbonyl (C=O) groups is 1. The van der Waals surface area contributed by atoms with Crippen molar-refractivity contribution in [3.05, 3.63) is 49.5 Å². The van der Waals surface area contributed by atoms with Gasteiger partial charge in [0, 0.05) is 9.75 Å². The van der Waals surface area contributed by atoms with Gasteiger partial charge in [-0.3, -0.25) is 14.2 Å². The molecule has 3 aromatic rings. The molecule has 2 atom stereocenters. The van der Waals surface area contributed by atoms with Crippen LogP contribution in [0.15, 0.2) is 33.7 Å². The largest absolute Gasteiger partial charge is 0.286 e. The van der Waals surface area contributed by atoms with E-state index in [4.69, 9.17) is 0 Å². The molecular weight excluding hydrogens is 380 g/mol. The van der Waals surface area contributed by atoms with E-state index in [0.717, 1.165) is 34.5 Å². The van der Waals surface area contributed by atoms with E-state index in [2.05, 4.69) is 22.4 Å². The lowest BCUT2D eigenvalue weighted by atomic mass is 9.89. The molecule has 0 aliphatic heterocycles. The molecule has 1 aliphatic rings. The van der Waals surface area contributed by atoms with Gasteiger partial charge in [0.05, 0.1) is 17.9 Å². The number of nitrogens with zero attached hydrogens (tertiary/aromatic N) is 3. The fourth-order valence-electron chi connectivity index (χ4n) is 3.36. The summed E-state index contributed by atoms with van der Waals surface area (Å²) >= 11 is 3.14. The Kier molecular flexibility index (Phi) is 4.92. The summed E-state index contributed by atoms with van der Waals surface area (Å²) in [7, 11) is 0. The SMILES string of the molecule is C[C@H]1CCc2c(sc3ncn([C@H](C)C(=O)N/N=C\c4cccs4)c(=O)c23)C1. The highest BCUT2D eigenvalue weighted by atomic mass is 32.1. The normalized spacial score (nSPS) is 17.9. The monoisotopic (exact) mass is 400 g/mol. The lowest BCUT2D eigenvalue weighted by molar-refractivity contribution is -0.123. The molecule has 0 radical (unpaired) electrons. The van der Waals surface area contributed by atoms with E-state index in [9.17, 15) is 9.59 Å². The van der Waals surface area contributed by atoms with Crippen LogP contribution >= 0.6 is 22.7 Å². The maximum atomic E-state index is 13.1. The number of rotatable bonds is 4. The van der Waals surface area contributed by atoms with Crippen molar-refractivity contribution in [2.24, 2.45) is 11.0 Å². The molecule has 0 aromatic carbocycles. The Morgan fingerprint density at radius 3 is 3.15 bits per heavy atom. The maximum absolute atomic E-state index is 13.1. The van der Waals surface area contributed by atoms with Gasteiger partial charge in [0.2, 0.25) is 0 Å². The molecule has 4 rings (SSSR count). The summed E-state index contributed by atoms with van der Waals surface area (Å²) in [6, 6.07) is 3.14. The lowest BCUT2D eigenvalue weighted by Crippen LogP contribution is -2.34. The van der Waals surface area contributed by atoms with Crippen LogP contribution in [0, 0.1) is 5.92 Å². The number of carbonyl (C=O) groups excluding carboxylic acids is 1. The number of fused-ring (bicyclic) bond motifs is 3. The Bertz CT molecular complexity index is 1070. The van der Waals surface area contributed by atoms with Gasteiger partial charge in [-0.25, -0.2) is 10.4 Å². The molecule has 8 heteroatoms. The molecule has 0 unspecified atom stereocenters. The van der Waals surface area contributed by atoms with Gasteiger partial charge in [-0.15, -0.1) is 22.7 Å².